The van der Waals surface area contributed by atoms with Crippen LogP contribution in [0.4, 0.5) is 0 Å². The Morgan fingerprint density at radius 2 is 1.88 bits per heavy atom. The predicted molar refractivity (Wildman–Crippen MR) is 62.2 cm³/mol. The van der Waals surface area contributed by atoms with Crippen LogP contribution in [0.25, 0.3) is 0 Å². The third kappa shape index (κ3) is 1.93. The Morgan fingerprint density at radius 3 is 2.71 bits per heavy atom. The molecule has 2 aromatic rings. The van der Waals surface area contributed by atoms with E-state index in [0.717, 1.165) is 30.5 Å². The molecule has 4 nitrogen and oxygen atoms in total. The first kappa shape index (κ1) is 10.1. The van der Waals surface area contributed by atoms with Gasteiger partial charge in [-0.05, 0) is 43.5 Å². The fourth-order valence-corrected chi connectivity index (χ4v) is 2.04. The average Bonchev–Trinajstić information content (AvgIpc) is 2.81. The number of ether oxygens (including phenoxy) is 1. The summed E-state index contributed by atoms with van der Waals surface area (Å²) in [5.74, 6) is 1.54. The summed E-state index contributed by atoms with van der Waals surface area (Å²) in [7, 11) is 0. The number of hydrogen-bond donors (Lipinski definition) is 1. The van der Waals surface area contributed by atoms with E-state index in [1.807, 2.05) is 0 Å². The number of aromatic nitrogens is 2. The highest BCUT2D eigenvalue weighted by Gasteiger charge is 2.18. The van der Waals surface area contributed by atoms with Crippen LogP contribution in [0.3, 0.4) is 0 Å². The van der Waals surface area contributed by atoms with Crippen LogP contribution in [0.1, 0.15) is 17.7 Å². The van der Waals surface area contributed by atoms with E-state index in [9.17, 15) is 5.11 Å². The summed E-state index contributed by atoms with van der Waals surface area (Å²) in [6, 6.07) is 6.63. The molecule has 0 saturated heterocycles. The quantitative estimate of drug-likeness (QED) is 0.857. The van der Waals surface area contributed by atoms with Crippen LogP contribution < -0.4 is 4.74 Å². The number of nitrogens with zero attached hydrogens (tertiary/aromatic N) is 2. The molecule has 0 radical (unpaired) electrons. The maximum absolute atomic E-state index is 9.20. The topological polar surface area (TPSA) is 55.2 Å². The molecule has 1 aromatic carbocycles. The summed E-state index contributed by atoms with van der Waals surface area (Å²) in [6.07, 6.45) is 4.63. The van der Waals surface area contributed by atoms with Crippen LogP contribution >= 0.6 is 0 Å². The maximum Gasteiger partial charge on any atom is 0.225 e. The van der Waals surface area contributed by atoms with Gasteiger partial charge in [0.2, 0.25) is 5.88 Å². The smallest absolute Gasteiger partial charge is 0.225 e. The zero-order valence-electron chi connectivity index (χ0n) is 9.26. The van der Waals surface area contributed by atoms with Crippen molar-refractivity contribution >= 4 is 0 Å². The molecule has 4 heteroatoms. The van der Waals surface area contributed by atoms with E-state index < -0.39 is 0 Å². The second-order valence-electron chi connectivity index (χ2n) is 4.05. The second-order valence-corrected chi connectivity index (χ2v) is 4.05. The minimum absolute atomic E-state index is 0.227. The van der Waals surface area contributed by atoms with Gasteiger partial charge < -0.3 is 9.84 Å². The second kappa shape index (κ2) is 4.05. The fourth-order valence-electron chi connectivity index (χ4n) is 2.04. The molecular formula is C13H12N2O2. The molecule has 1 aromatic heterocycles. The van der Waals surface area contributed by atoms with Crippen molar-refractivity contribution in [3.8, 4) is 17.4 Å². The number of phenolic OH excluding ortho intramolecular Hbond substituents is 1. The largest absolute Gasteiger partial charge is 0.508 e. The lowest BCUT2D eigenvalue weighted by molar-refractivity contribution is 0.448. The molecule has 1 aliphatic rings. The van der Waals surface area contributed by atoms with Gasteiger partial charge in [-0.3, -0.25) is 0 Å². The van der Waals surface area contributed by atoms with Gasteiger partial charge in [0.25, 0.3) is 0 Å². The Labute approximate surface area is 98.9 Å². The molecule has 0 unspecified atom stereocenters. The first-order chi connectivity index (χ1) is 8.33. The van der Waals surface area contributed by atoms with Gasteiger partial charge in [-0.1, -0.05) is 0 Å². The molecule has 17 heavy (non-hydrogen) atoms. The first-order valence-electron chi connectivity index (χ1n) is 5.62. The van der Waals surface area contributed by atoms with Gasteiger partial charge >= 0.3 is 0 Å². The standard InChI is InChI=1S/C13H12N2O2/c16-9-4-6-10(7-5-9)17-13-11-2-1-3-12(11)14-8-15-13/h4-8,16H,1-3H2. The Kier molecular flexibility index (Phi) is 2.40. The number of aromatic hydroxyl groups is 1. The lowest BCUT2D eigenvalue weighted by Crippen LogP contribution is -1.96. The Morgan fingerprint density at radius 1 is 1.06 bits per heavy atom. The summed E-state index contributed by atoms with van der Waals surface area (Å²) in [5, 5.41) is 9.20. The molecular weight excluding hydrogens is 216 g/mol. The van der Waals surface area contributed by atoms with Gasteiger partial charge in [-0.2, -0.15) is 0 Å². The van der Waals surface area contributed by atoms with E-state index in [-0.39, 0.29) is 5.75 Å². The van der Waals surface area contributed by atoms with E-state index >= 15 is 0 Å². The van der Waals surface area contributed by atoms with Gasteiger partial charge in [0.1, 0.15) is 17.8 Å². The highest BCUT2D eigenvalue weighted by molar-refractivity contribution is 5.38. The molecule has 0 saturated carbocycles. The van der Waals surface area contributed by atoms with Crippen molar-refractivity contribution in [1.29, 1.82) is 0 Å². The summed E-state index contributed by atoms with van der Waals surface area (Å²) < 4.78 is 5.71. The Bertz CT molecular complexity index is 538. The third-order valence-corrected chi connectivity index (χ3v) is 2.89. The van der Waals surface area contributed by atoms with Crippen molar-refractivity contribution in [2.24, 2.45) is 0 Å². The number of phenols is 1. The van der Waals surface area contributed by atoms with Crippen LogP contribution in [0.5, 0.6) is 17.4 Å². The predicted octanol–water partition coefficient (Wildman–Crippen LogP) is 2.46. The van der Waals surface area contributed by atoms with Crippen LogP contribution in [0.15, 0.2) is 30.6 Å². The molecule has 3 rings (SSSR count). The molecule has 1 heterocycles. The van der Waals surface area contributed by atoms with E-state index in [0.29, 0.717) is 11.6 Å². The van der Waals surface area contributed by atoms with E-state index in [4.69, 9.17) is 4.74 Å². The first-order valence-corrected chi connectivity index (χ1v) is 5.62. The molecule has 0 amide bonds. The lowest BCUT2D eigenvalue weighted by Gasteiger charge is -2.08. The number of rotatable bonds is 2. The third-order valence-electron chi connectivity index (χ3n) is 2.89. The van der Waals surface area contributed by atoms with Gasteiger partial charge in [0, 0.05) is 5.56 Å². The SMILES string of the molecule is Oc1ccc(Oc2ncnc3c2CCC3)cc1. The van der Waals surface area contributed by atoms with Crippen molar-refractivity contribution in [1.82, 2.24) is 9.97 Å². The van der Waals surface area contributed by atoms with E-state index in [1.54, 1.807) is 30.6 Å². The van der Waals surface area contributed by atoms with E-state index in [2.05, 4.69) is 9.97 Å². The zero-order valence-corrected chi connectivity index (χ0v) is 9.26. The number of hydrogen-bond acceptors (Lipinski definition) is 4. The van der Waals surface area contributed by atoms with Gasteiger partial charge in [-0.25, -0.2) is 9.97 Å². The van der Waals surface area contributed by atoms with E-state index in [1.165, 1.54) is 0 Å². The zero-order chi connectivity index (χ0) is 11.7. The van der Waals surface area contributed by atoms with Gasteiger partial charge in [-0.15, -0.1) is 0 Å². The number of fused-ring (bicyclic) bond motifs is 1. The van der Waals surface area contributed by atoms with Gasteiger partial charge in [0.05, 0.1) is 5.69 Å². The monoisotopic (exact) mass is 228 g/mol. The van der Waals surface area contributed by atoms with Crippen molar-refractivity contribution < 1.29 is 9.84 Å². The summed E-state index contributed by atoms with van der Waals surface area (Å²) >= 11 is 0. The Hall–Kier alpha value is -2.10. The number of benzene rings is 1. The highest BCUT2D eigenvalue weighted by Crippen LogP contribution is 2.30. The molecule has 0 spiro atoms. The lowest BCUT2D eigenvalue weighted by atomic mass is 10.2. The molecule has 1 N–H and O–H groups in total. The van der Waals surface area contributed by atoms with Crippen molar-refractivity contribution in [3.05, 3.63) is 41.9 Å². The fraction of sp³-hybridized carbons (Fsp3) is 0.231. The molecule has 0 atom stereocenters. The molecule has 86 valence electrons. The summed E-state index contributed by atoms with van der Waals surface area (Å²) in [4.78, 5) is 8.42. The summed E-state index contributed by atoms with van der Waals surface area (Å²) in [5.41, 5.74) is 2.20. The van der Waals surface area contributed by atoms with Crippen LogP contribution in [0.2, 0.25) is 0 Å². The normalized spacial score (nSPS) is 13.4. The molecule has 0 aliphatic heterocycles. The maximum atomic E-state index is 9.20. The number of aryl methyl sites for hydroxylation is 1. The summed E-state index contributed by atoms with van der Waals surface area (Å²) in [6.45, 7) is 0. The molecule has 0 bridgehead atoms. The highest BCUT2D eigenvalue weighted by atomic mass is 16.5. The van der Waals surface area contributed by atoms with Gasteiger partial charge in [0.15, 0.2) is 0 Å². The minimum atomic E-state index is 0.227. The average molecular weight is 228 g/mol. The van der Waals surface area contributed by atoms with Crippen molar-refractivity contribution in [2.75, 3.05) is 0 Å². The van der Waals surface area contributed by atoms with Crippen molar-refractivity contribution in [3.63, 3.8) is 0 Å². The van der Waals surface area contributed by atoms with Crippen molar-refractivity contribution in [2.45, 2.75) is 19.3 Å². The van der Waals surface area contributed by atoms with Crippen LogP contribution in [-0.2, 0) is 12.8 Å². The Balaban J connectivity index is 1.91. The van der Waals surface area contributed by atoms with Crippen LogP contribution in [0, 0.1) is 0 Å². The molecule has 1 aliphatic carbocycles. The molecule has 0 fully saturated rings. The van der Waals surface area contributed by atoms with Crippen LogP contribution in [-0.4, -0.2) is 15.1 Å². The minimum Gasteiger partial charge on any atom is -0.508 e.